The summed E-state index contributed by atoms with van der Waals surface area (Å²) in [7, 11) is 0. The third-order valence-electron chi connectivity index (χ3n) is 3.16. The highest BCUT2D eigenvalue weighted by Crippen LogP contribution is 2.23. The van der Waals surface area contributed by atoms with Crippen molar-refractivity contribution >= 4 is 23.2 Å². The van der Waals surface area contributed by atoms with Crippen molar-refractivity contribution in [2.75, 3.05) is 0 Å². The van der Waals surface area contributed by atoms with Crippen molar-refractivity contribution in [3.63, 3.8) is 0 Å². The molecule has 0 aromatic heterocycles. The lowest BCUT2D eigenvalue weighted by atomic mass is 10.1. The van der Waals surface area contributed by atoms with Crippen LogP contribution in [0.1, 0.15) is 24.5 Å². The molecule has 2 rings (SSSR count). The van der Waals surface area contributed by atoms with Gasteiger partial charge < -0.3 is 9.84 Å². The summed E-state index contributed by atoms with van der Waals surface area (Å²) < 4.78 is 5.72. The van der Waals surface area contributed by atoms with Gasteiger partial charge in [0.2, 0.25) is 0 Å². The molecule has 1 unspecified atom stereocenters. The summed E-state index contributed by atoms with van der Waals surface area (Å²) in [4.78, 5) is 0. The van der Waals surface area contributed by atoms with Crippen molar-refractivity contribution in [2.24, 2.45) is 0 Å². The number of aliphatic hydroxyl groups is 1. The van der Waals surface area contributed by atoms with E-state index >= 15 is 0 Å². The highest BCUT2D eigenvalue weighted by atomic mass is 35.5. The third kappa shape index (κ3) is 5.24. The fourth-order valence-corrected chi connectivity index (χ4v) is 2.24. The van der Waals surface area contributed by atoms with Gasteiger partial charge in [-0.1, -0.05) is 41.4 Å². The first kappa shape index (κ1) is 16.2. The van der Waals surface area contributed by atoms with Crippen molar-refractivity contribution in [3.8, 4) is 5.75 Å². The van der Waals surface area contributed by atoms with Gasteiger partial charge in [-0.05, 0) is 55.2 Å². The van der Waals surface area contributed by atoms with Crippen molar-refractivity contribution in [1.29, 1.82) is 0 Å². The van der Waals surface area contributed by atoms with Crippen LogP contribution in [0.15, 0.2) is 42.5 Å². The molecule has 0 aliphatic rings. The van der Waals surface area contributed by atoms with Crippen molar-refractivity contribution < 1.29 is 9.84 Å². The number of benzene rings is 2. The Labute approximate surface area is 135 Å². The smallest absolute Gasteiger partial charge is 0.119 e. The normalized spacial score (nSPS) is 12.2. The first-order chi connectivity index (χ1) is 10.0. The number of hydrogen-bond acceptors (Lipinski definition) is 2. The van der Waals surface area contributed by atoms with E-state index in [0.717, 1.165) is 24.2 Å². The van der Waals surface area contributed by atoms with E-state index in [2.05, 4.69) is 0 Å². The molecule has 0 spiro atoms. The SMILES string of the molecule is CC(O)CCc1ccc(OCc2ccc(Cl)c(Cl)c2)cc1. The Kier molecular flexibility index (Phi) is 5.92. The molecule has 4 heteroatoms. The Bertz CT molecular complexity index is 580. The van der Waals surface area contributed by atoms with E-state index in [0.29, 0.717) is 16.7 Å². The van der Waals surface area contributed by atoms with Crippen LogP contribution in [0.3, 0.4) is 0 Å². The van der Waals surface area contributed by atoms with Gasteiger partial charge in [0.05, 0.1) is 16.1 Å². The number of halogens is 2. The number of aliphatic hydroxyl groups excluding tert-OH is 1. The Morgan fingerprint density at radius 3 is 2.29 bits per heavy atom. The largest absolute Gasteiger partial charge is 0.489 e. The van der Waals surface area contributed by atoms with Crippen molar-refractivity contribution in [1.82, 2.24) is 0 Å². The van der Waals surface area contributed by atoms with E-state index in [9.17, 15) is 5.11 Å². The first-order valence-electron chi connectivity index (χ1n) is 6.88. The standard InChI is InChI=1S/C17H18Cl2O2/c1-12(20)2-3-13-4-7-15(8-5-13)21-11-14-6-9-16(18)17(19)10-14/h4-10,12,20H,2-3,11H2,1H3. The fourth-order valence-electron chi connectivity index (χ4n) is 1.92. The highest BCUT2D eigenvalue weighted by molar-refractivity contribution is 6.42. The molecule has 0 radical (unpaired) electrons. The molecular formula is C17H18Cl2O2. The zero-order chi connectivity index (χ0) is 15.2. The average Bonchev–Trinajstić information content (AvgIpc) is 2.47. The van der Waals surface area contributed by atoms with E-state index in [1.165, 1.54) is 5.56 Å². The van der Waals surface area contributed by atoms with E-state index in [1.807, 2.05) is 30.3 Å². The van der Waals surface area contributed by atoms with Gasteiger partial charge in [-0.15, -0.1) is 0 Å². The Morgan fingerprint density at radius 2 is 1.67 bits per heavy atom. The molecule has 0 heterocycles. The van der Waals surface area contributed by atoms with E-state index in [1.54, 1.807) is 19.1 Å². The number of ether oxygens (including phenoxy) is 1. The lowest BCUT2D eigenvalue weighted by molar-refractivity contribution is 0.185. The summed E-state index contributed by atoms with van der Waals surface area (Å²) in [6.45, 7) is 2.25. The van der Waals surface area contributed by atoms with Gasteiger partial charge in [0, 0.05) is 0 Å². The second-order valence-corrected chi connectivity index (χ2v) is 5.88. The molecule has 0 fully saturated rings. The van der Waals surface area contributed by atoms with Crippen LogP contribution >= 0.6 is 23.2 Å². The molecule has 112 valence electrons. The molecule has 2 aromatic carbocycles. The van der Waals surface area contributed by atoms with Crippen LogP contribution in [-0.4, -0.2) is 11.2 Å². The van der Waals surface area contributed by atoms with Gasteiger partial charge in [-0.2, -0.15) is 0 Å². The fraction of sp³-hybridized carbons (Fsp3) is 0.294. The third-order valence-corrected chi connectivity index (χ3v) is 3.90. The molecule has 0 saturated heterocycles. The Balaban J connectivity index is 1.89. The maximum Gasteiger partial charge on any atom is 0.119 e. The van der Waals surface area contributed by atoms with E-state index in [-0.39, 0.29) is 6.10 Å². The topological polar surface area (TPSA) is 29.5 Å². The molecule has 1 atom stereocenters. The summed E-state index contributed by atoms with van der Waals surface area (Å²) in [5.41, 5.74) is 2.17. The van der Waals surface area contributed by atoms with Crippen LogP contribution in [0.4, 0.5) is 0 Å². The molecule has 2 nitrogen and oxygen atoms in total. The van der Waals surface area contributed by atoms with Crippen LogP contribution in [0.25, 0.3) is 0 Å². The summed E-state index contributed by atoms with van der Waals surface area (Å²) in [5.74, 6) is 0.807. The average molecular weight is 325 g/mol. The minimum Gasteiger partial charge on any atom is -0.489 e. The molecular weight excluding hydrogens is 307 g/mol. The van der Waals surface area contributed by atoms with Crippen molar-refractivity contribution in [3.05, 3.63) is 63.6 Å². The monoisotopic (exact) mass is 324 g/mol. The zero-order valence-corrected chi connectivity index (χ0v) is 13.4. The minimum absolute atomic E-state index is 0.268. The van der Waals surface area contributed by atoms with Gasteiger partial charge in [0.15, 0.2) is 0 Å². The maximum atomic E-state index is 9.28. The van der Waals surface area contributed by atoms with Crippen LogP contribution in [0, 0.1) is 0 Å². The molecule has 1 N–H and O–H groups in total. The summed E-state index contributed by atoms with van der Waals surface area (Å²) in [5, 5.41) is 10.4. The van der Waals surface area contributed by atoms with Crippen LogP contribution in [0.5, 0.6) is 5.75 Å². The van der Waals surface area contributed by atoms with Crippen LogP contribution in [-0.2, 0) is 13.0 Å². The maximum absolute atomic E-state index is 9.28. The second kappa shape index (κ2) is 7.69. The molecule has 0 aliphatic heterocycles. The lowest BCUT2D eigenvalue weighted by Gasteiger charge is -2.09. The predicted molar refractivity (Wildman–Crippen MR) is 87.2 cm³/mol. The molecule has 0 saturated carbocycles. The van der Waals surface area contributed by atoms with Crippen LogP contribution < -0.4 is 4.74 Å². The summed E-state index contributed by atoms with van der Waals surface area (Å²) in [6.07, 6.45) is 1.37. The summed E-state index contributed by atoms with van der Waals surface area (Å²) >= 11 is 11.8. The van der Waals surface area contributed by atoms with Gasteiger partial charge in [0.1, 0.15) is 12.4 Å². The highest BCUT2D eigenvalue weighted by Gasteiger charge is 2.02. The summed E-state index contributed by atoms with van der Waals surface area (Å²) in [6, 6.07) is 13.4. The number of hydrogen-bond donors (Lipinski definition) is 1. The zero-order valence-electron chi connectivity index (χ0n) is 11.9. The Morgan fingerprint density at radius 1 is 1.00 bits per heavy atom. The van der Waals surface area contributed by atoms with Gasteiger partial charge >= 0.3 is 0 Å². The second-order valence-electron chi connectivity index (χ2n) is 5.07. The lowest BCUT2D eigenvalue weighted by Crippen LogP contribution is -2.01. The predicted octanol–water partition coefficient (Wildman–Crippen LogP) is 4.89. The Hall–Kier alpha value is -1.22. The first-order valence-corrected chi connectivity index (χ1v) is 7.64. The van der Waals surface area contributed by atoms with Gasteiger partial charge in [-0.3, -0.25) is 0 Å². The molecule has 0 aliphatic carbocycles. The molecule has 21 heavy (non-hydrogen) atoms. The van der Waals surface area contributed by atoms with Crippen LogP contribution in [0.2, 0.25) is 10.0 Å². The molecule has 0 bridgehead atoms. The van der Waals surface area contributed by atoms with Gasteiger partial charge in [-0.25, -0.2) is 0 Å². The van der Waals surface area contributed by atoms with Crippen molar-refractivity contribution in [2.45, 2.75) is 32.5 Å². The number of rotatable bonds is 6. The number of aryl methyl sites for hydroxylation is 1. The quantitative estimate of drug-likeness (QED) is 0.820. The van der Waals surface area contributed by atoms with Gasteiger partial charge in [0.25, 0.3) is 0 Å². The minimum atomic E-state index is -0.268. The molecule has 2 aromatic rings. The van der Waals surface area contributed by atoms with E-state index in [4.69, 9.17) is 27.9 Å². The molecule has 0 amide bonds. The van der Waals surface area contributed by atoms with E-state index < -0.39 is 0 Å².